The van der Waals surface area contributed by atoms with Gasteiger partial charge < -0.3 is 9.88 Å². The maximum absolute atomic E-state index is 11.8. The lowest BCUT2D eigenvalue weighted by Crippen LogP contribution is -2.26. The van der Waals surface area contributed by atoms with E-state index in [2.05, 4.69) is 26.2 Å². The van der Waals surface area contributed by atoms with Gasteiger partial charge in [0.15, 0.2) is 0 Å². The fourth-order valence-electron chi connectivity index (χ4n) is 1.56. The summed E-state index contributed by atoms with van der Waals surface area (Å²) < 4.78 is 1.92. The molecule has 18 heavy (non-hydrogen) atoms. The Morgan fingerprint density at radius 2 is 2.11 bits per heavy atom. The fraction of sp³-hybridized carbons (Fsp3) is 0.231. The van der Waals surface area contributed by atoms with Gasteiger partial charge in [-0.3, -0.25) is 4.79 Å². The van der Waals surface area contributed by atoms with Gasteiger partial charge in [0.05, 0.1) is 6.33 Å². The van der Waals surface area contributed by atoms with Crippen LogP contribution in [-0.2, 0) is 11.9 Å². The third-order valence-corrected chi connectivity index (χ3v) is 3.23. The van der Waals surface area contributed by atoms with Gasteiger partial charge in [-0.05, 0) is 17.7 Å². The van der Waals surface area contributed by atoms with E-state index >= 15 is 0 Å². The van der Waals surface area contributed by atoms with Gasteiger partial charge in [0, 0.05) is 36.4 Å². The van der Waals surface area contributed by atoms with Crippen molar-refractivity contribution < 1.29 is 4.79 Å². The van der Waals surface area contributed by atoms with Gasteiger partial charge in [0.1, 0.15) is 0 Å². The Kier molecular flexibility index (Phi) is 4.52. The Balaban J connectivity index is 1.83. The molecule has 0 bridgehead atoms. The Morgan fingerprint density at radius 3 is 2.72 bits per heavy atom. The maximum atomic E-state index is 11.8. The van der Waals surface area contributed by atoms with Crippen LogP contribution in [0.5, 0.6) is 0 Å². The molecule has 0 spiro atoms. The molecule has 0 atom stereocenters. The van der Waals surface area contributed by atoms with Gasteiger partial charge in [0.25, 0.3) is 5.91 Å². The lowest BCUT2D eigenvalue weighted by molar-refractivity contribution is 0.0952. The van der Waals surface area contributed by atoms with E-state index < -0.39 is 0 Å². The number of amides is 1. The molecule has 1 aromatic carbocycles. The normalized spacial score (nSPS) is 10.3. The lowest BCUT2D eigenvalue weighted by Gasteiger charge is -2.06. The second-order valence-corrected chi connectivity index (χ2v) is 4.45. The van der Waals surface area contributed by atoms with E-state index in [9.17, 15) is 4.79 Å². The van der Waals surface area contributed by atoms with Crippen molar-refractivity contribution in [3.63, 3.8) is 0 Å². The van der Waals surface area contributed by atoms with Gasteiger partial charge in [-0.25, -0.2) is 4.98 Å². The molecule has 2 aromatic rings. The molecule has 0 aliphatic carbocycles. The third-order valence-electron chi connectivity index (χ3n) is 2.59. The second kappa shape index (κ2) is 6.35. The summed E-state index contributed by atoms with van der Waals surface area (Å²) >= 11 is 3.37. The first-order chi connectivity index (χ1) is 8.79. The molecule has 0 aliphatic rings. The van der Waals surface area contributed by atoms with Crippen molar-refractivity contribution in [2.24, 2.45) is 0 Å². The average molecular weight is 308 g/mol. The Labute approximate surface area is 114 Å². The number of aromatic nitrogens is 2. The molecule has 1 heterocycles. The number of nitrogens with one attached hydrogen (secondary N) is 1. The standard InChI is InChI=1S/C13H14BrN3O/c14-9-11-1-3-12(4-2-11)13(18)16-6-8-17-7-5-15-10-17/h1-5,7,10H,6,8-9H2,(H,16,18). The van der Waals surface area contributed by atoms with E-state index in [0.29, 0.717) is 12.1 Å². The van der Waals surface area contributed by atoms with Gasteiger partial charge in [-0.1, -0.05) is 28.1 Å². The summed E-state index contributed by atoms with van der Waals surface area (Å²) in [5, 5.41) is 3.68. The molecule has 1 amide bonds. The molecule has 4 nitrogen and oxygen atoms in total. The van der Waals surface area contributed by atoms with E-state index in [-0.39, 0.29) is 5.91 Å². The molecule has 0 unspecified atom stereocenters. The van der Waals surface area contributed by atoms with Crippen LogP contribution in [0.1, 0.15) is 15.9 Å². The van der Waals surface area contributed by atoms with Gasteiger partial charge in [-0.2, -0.15) is 0 Å². The van der Waals surface area contributed by atoms with E-state index in [4.69, 9.17) is 0 Å². The molecule has 1 N–H and O–H groups in total. The summed E-state index contributed by atoms with van der Waals surface area (Å²) in [6.07, 6.45) is 5.33. The number of imidazole rings is 1. The van der Waals surface area contributed by atoms with Crippen LogP contribution in [0.4, 0.5) is 0 Å². The molecule has 0 fully saturated rings. The van der Waals surface area contributed by atoms with Crippen molar-refractivity contribution >= 4 is 21.8 Å². The van der Waals surface area contributed by atoms with Crippen LogP contribution in [0.15, 0.2) is 43.0 Å². The minimum atomic E-state index is -0.0452. The highest BCUT2D eigenvalue weighted by atomic mass is 79.9. The SMILES string of the molecule is O=C(NCCn1ccnc1)c1ccc(CBr)cc1. The van der Waals surface area contributed by atoms with Gasteiger partial charge in [-0.15, -0.1) is 0 Å². The number of hydrogen-bond donors (Lipinski definition) is 1. The monoisotopic (exact) mass is 307 g/mol. The number of rotatable bonds is 5. The van der Waals surface area contributed by atoms with Crippen molar-refractivity contribution in [1.82, 2.24) is 14.9 Å². The van der Waals surface area contributed by atoms with Gasteiger partial charge in [0.2, 0.25) is 0 Å². The van der Waals surface area contributed by atoms with Crippen molar-refractivity contribution in [1.29, 1.82) is 0 Å². The number of carbonyl (C=O) groups is 1. The predicted molar refractivity (Wildman–Crippen MR) is 73.6 cm³/mol. The van der Waals surface area contributed by atoms with Crippen LogP contribution >= 0.6 is 15.9 Å². The fourth-order valence-corrected chi connectivity index (χ4v) is 1.94. The summed E-state index contributed by atoms with van der Waals surface area (Å²) in [6, 6.07) is 7.56. The lowest BCUT2D eigenvalue weighted by atomic mass is 10.1. The zero-order chi connectivity index (χ0) is 12.8. The molecule has 0 radical (unpaired) electrons. The smallest absolute Gasteiger partial charge is 0.251 e. The van der Waals surface area contributed by atoms with E-state index in [1.165, 1.54) is 0 Å². The Morgan fingerprint density at radius 1 is 1.33 bits per heavy atom. The van der Waals surface area contributed by atoms with E-state index in [0.717, 1.165) is 17.4 Å². The minimum Gasteiger partial charge on any atom is -0.350 e. The number of carbonyl (C=O) groups excluding carboxylic acids is 1. The van der Waals surface area contributed by atoms with Crippen molar-refractivity contribution in [2.75, 3.05) is 6.54 Å². The molecular formula is C13H14BrN3O. The molecule has 5 heteroatoms. The maximum Gasteiger partial charge on any atom is 0.251 e. The molecule has 2 rings (SSSR count). The quantitative estimate of drug-likeness (QED) is 0.861. The number of halogens is 1. The van der Waals surface area contributed by atoms with E-state index in [1.54, 1.807) is 12.5 Å². The van der Waals surface area contributed by atoms with E-state index in [1.807, 2.05) is 35.0 Å². The minimum absolute atomic E-state index is 0.0452. The van der Waals surface area contributed by atoms with Crippen LogP contribution < -0.4 is 5.32 Å². The number of alkyl halides is 1. The molecule has 0 saturated heterocycles. The van der Waals surface area contributed by atoms with Crippen molar-refractivity contribution in [3.05, 3.63) is 54.1 Å². The van der Waals surface area contributed by atoms with Gasteiger partial charge >= 0.3 is 0 Å². The highest BCUT2D eigenvalue weighted by Crippen LogP contribution is 2.07. The molecule has 0 aliphatic heterocycles. The second-order valence-electron chi connectivity index (χ2n) is 3.89. The molecule has 94 valence electrons. The first-order valence-corrected chi connectivity index (χ1v) is 6.80. The van der Waals surface area contributed by atoms with Crippen LogP contribution in [0.25, 0.3) is 0 Å². The van der Waals surface area contributed by atoms with Crippen molar-refractivity contribution in [2.45, 2.75) is 11.9 Å². The summed E-state index contributed by atoms with van der Waals surface area (Å²) in [5.41, 5.74) is 1.84. The summed E-state index contributed by atoms with van der Waals surface area (Å²) in [6.45, 7) is 1.32. The molecular weight excluding hydrogens is 294 g/mol. The third kappa shape index (κ3) is 3.43. The predicted octanol–water partition coefficient (Wildman–Crippen LogP) is 2.21. The summed E-state index contributed by atoms with van der Waals surface area (Å²) in [4.78, 5) is 15.8. The molecule has 1 aromatic heterocycles. The zero-order valence-electron chi connectivity index (χ0n) is 9.84. The topological polar surface area (TPSA) is 46.9 Å². The van der Waals surface area contributed by atoms with Crippen LogP contribution in [0.2, 0.25) is 0 Å². The number of hydrogen-bond acceptors (Lipinski definition) is 2. The average Bonchev–Trinajstić information content (AvgIpc) is 2.92. The largest absolute Gasteiger partial charge is 0.350 e. The van der Waals surface area contributed by atoms with Crippen LogP contribution in [-0.4, -0.2) is 22.0 Å². The van der Waals surface area contributed by atoms with Crippen LogP contribution in [0.3, 0.4) is 0 Å². The summed E-state index contributed by atoms with van der Waals surface area (Å²) in [5.74, 6) is -0.0452. The summed E-state index contributed by atoms with van der Waals surface area (Å²) in [7, 11) is 0. The number of nitrogens with zero attached hydrogens (tertiary/aromatic N) is 2. The Bertz CT molecular complexity index is 493. The zero-order valence-corrected chi connectivity index (χ0v) is 11.4. The van der Waals surface area contributed by atoms with Crippen LogP contribution in [0, 0.1) is 0 Å². The highest BCUT2D eigenvalue weighted by Gasteiger charge is 2.04. The number of benzene rings is 1. The highest BCUT2D eigenvalue weighted by molar-refractivity contribution is 9.08. The molecule has 0 saturated carbocycles. The Hall–Kier alpha value is -1.62. The first-order valence-electron chi connectivity index (χ1n) is 5.68. The van der Waals surface area contributed by atoms with Crippen molar-refractivity contribution in [3.8, 4) is 0 Å². The first kappa shape index (κ1) is 12.8.